The van der Waals surface area contributed by atoms with Crippen molar-refractivity contribution in [2.45, 2.75) is 26.1 Å². The van der Waals surface area contributed by atoms with Crippen molar-refractivity contribution < 1.29 is 17.6 Å². The topological polar surface area (TPSA) is 24.9 Å². The van der Waals surface area contributed by atoms with E-state index >= 15 is 0 Å². The summed E-state index contributed by atoms with van der Waals surface area (Å²) in [7, 11) is 0. The highest BCUT2D eigenvalue weighted by Gasteiger charge is 2.34. The third kappa shape index (κ3) is 3.09. The third-order valence-corrected chi connectivity index (χ3v) is 3.94. The van der Waals surface area contributed by atoms with Crippen LogP contribution in [-0.4, -0.2) is 4.98 Å². The molecule has 1 heterocycles. The van der Waals surface area contributed by atoms with Gasteiger partial charge in [0.1, 0.15) is 5.82 Å². The monoisotopic (exact) mass is 304 g/mol. The van der Waals surface area contributed by atoms with Gasteiger partial charge in [-0.05, 0) is 32.0 Å². The van der Waals surface area contributed by atoms with Gasteiger partial charge in [-0.1, -0.05) is 0 Å². The van der Waals surface area contributed by atoms with Crippen molar-refractivity contribution >= 4 is 17.0 Å². The Morgan fingerprint density at radius 2 is 2.00 bits per heavy atom. The number of halogens is 4. The van der Waals surface area contributed by atoms with Crippen LogP contribution in [0.2, 0.25) is 0 Å². The SMILES string of the molecule is Cc1ncsc1C(C)Nc1ccc(F)c(C(F)(F)F)c1. The Labute approximate surface area is 117 Å². The van der Waals surface area contributed by atoms with E-state index in [0.717, 1.165) is 22.7 Å². The molecule has 2 aromatic rings. The molecule has 1 atom stereocenters. The predicted molar refractivity (Wildman–Crippen MR) is 70.3 cm³/mol. The largest absolute Gasteiger partial charge is 0.419 e. The van der Waals surface area contributed by atoms with Crippen LogP contribution in [0.4, 0.5) is 23.2 Å². The lowest BCUT2D eigenvalue weighted by Crippen LogP contribution is -2.11. The average Bonchev–Trinajstić information content (AvgIpc) is 2.76. The lowest BCUT2D eigenvalue weighted by Gasteiger charge is -2.16. The van der Waals surface area contributed by atoms with Gasteiger partial charge in [0.15, 0.2) is 0 Å². The quantitative estimate of drug-likeness (QED) is 0.825. The number of hydrogen-bond donors (Lipinski definition) is 1. The fourth-order valence-corrected chi connectivity index (χ4v) is 2.69. The fraction of sp³-hybridized carbons (Fsp3) is 0.308. The van der Waals surface area contributed by atoms with Crippen molar-refractivity contribution in [3.05, 3.63) is 45.7 Å². The van der Waals surface area contributed by atoms with Gasteiger partial charge in [0.25, 0.3) is 0 Å². The van der Waals surface area contributed by atoms with Crippen molar-refractivity contribution in [3.8, 4) is 0 Å². The number of nitrogens with one attached hydrogen (secondary N) is 1. The number of aromatic nitrogens is 1. The van der Waals surface area contributed by atoms with E-state index in [1.807, 2.05) is 13.8 Å². The van der Waals surface area contributed by atoms with Gasteiger partial charge >= 0.3 is 6.18 Å². The summed E-state index contributed by atoms with van der Waals surface area (Å²) >= 11 is 1.42. The number of anilines is 1. The predicted octanol–water partition coefficient (Wildman–Crippen LogP) is 4.78. The van der Waals surface area contributed by atoms with Crippen LogP contribution < -0.4 is 5.32 Å². The summed E-state index contributed by atoms with van der Waals surface area (Å²) in [5.41, 5.74) is 1.46. The van der Waals surface area contributed by atoms with Gasteiger partial charge in [-0.3, -0.25) is 0 Å². The van der Waals surface area contributed by atoms with Gasteiger partial charge in [0, 0.05) is 10.6 Å². The van der Waals surface area contributed by atoms with Crippen molar-refractivity contribution in [2.75, 3.05) is 5.32 Å². The van der Waals surface area contributed by atoms with E-state index in [-0.39, 0.29) is 11.7 Å². The molecule has 0 aliphatic rings. The Morgan fingerprint density at radius 1 is 1.30 bits per heavy atom. The van der Waals surface area contributed by atoms with Crippen LogP contribution in [0.25, 0.3) is 0 Å². The molecule has 2 nitrogen and oxygen atoms in total. The number of thiazole rings is 1. The average molecular weight is 304 g/mol. The van der Waals surface area contributed by atoms with E-state index in [2.05, 4.69) is 10.3 Å². The van der Waals surface area contributed by atoms with Gasteiger partial charge in [0.05, 0.1) is 22.8 Å². The van der Waals surface area contributed by atoms with E-state index in [4.69, 9.17) is 0 Å². The molecule has 108 valence electrons. The Morgan fingerprint density at radius 3 is 2.55 bits per heavy atom. The second-order valence-electron chi connectivity index (χ2n) is 4.36. The number of rotatable bonds is 3. The van der Waals surface area contributed by atoms with Crippen LogP contribution in [0.3, 0.4) is 0 Å². The molecule has 0 amide bonds. The zero-order chi connectivity index (χ0) is 14.9. The normalized spacial score (nSPS) is 13.3. The minimum atomic E-state index is -4.70. The molecule has 1 aromatic heterocycles. The van der Waals surface area contributed by atoms with E-state index in [0.29, 0.717) is 0 Å². The molecule has 0 aliphatic heterocycles. The summed E-state index contributed by atoms with van der Waals surface area (Å²) in [4.78, 5) is 5.02. The molecule has 1 aromatic carbocycles. The summed E-state index contributed by atoms with van der Waals surface area (Å²) in [6.07, 6.45) is -4.70. The number of nitrogens with zero attached hydrogens (tertiary/aromatic N) is 1. The molecule has 0 spiro atoms. The summed E-state index contributed by atoms with van der Waals surface area (Å²) in [5, 5.41) is 2.93. The highest BCUT2D eigenvalue weighted by Crippen LogP contribution is 2.34. The zero-order valence-electron chi connectivity index (χ0n) is 10.8. The second kappa shape index (κ2) is 5.40. The van der Waals surface area contributed by atoms with E-state index in [9.17, 15) is 17.6 Å². The summed E-state index contributed by atoms with van der Waals surface area (Å²) in [6, 6.07) is 2.69. The number of aryl methyl sites for hydroxylation is 1. The van der Waals surface area contributed by atoms with Gasteiger partial charge in [-0.15, -0.1) is 11.3 Å². The van der Waals surface area contributed by atoms with Crippen LogP contribution in [-0.2, 0) is 6.18 Å². The highest BCUT2D eigenvalue weighted by molar-refractivity contribution is 7.09. The summed E-state index contributed by atoms with van der Waals surface area (Å²) in [6.45, 7) is 3.65. The van der Waals surface area contributed by atoms with Crippen molar-refractivity contribution in [1.29, 1.82) is 0 Å². The molecular formula is C13H12F4N2S. The molecule has 0 saturated heterocycles. The first-order valence-corrected chi connectivity index (χ1v) is 6.70. The molecule has 20 heavy (non-hydrogen) atoms. The molecule has 0 radical (unpaired) electrons. The van der Waals surface area contributed by atoms with Gasteiger partial charge in [-0.25, -0.2) is 9.37 Å². The lowest BCUT2D eigenvalue weighted by atomic mass is 10.1. The molecule has 0 bridgehead atoms. The van der Waals surface area contributed by atoms with Crippen LogP contribution in [0, 0.1) is 12.7 Å². The van der Waals surface area contributed by atoms with Crippen LogP contribution in [0.1, 0.15) is 29.1 Å². The molecule has 0 saturated carbocycles. The molecule has 1 unspecified atom stereocenters. The number of benzene rings is 1. The molecule has 2 rings (SSSR count). The van der Waals surface area contributed by atoms with Crippen LogP contribution >= 0.6 is 11.3 Å². The Balaban J connectivity index is 2.25. The van der Waals surface area contributed by atoms with E-state index in [1.165, 1.54) is 17.4 Å². The molecular weight excluding hydrogens is 292 g/mol. The lowest BCUT2D eigenvalue weighted by molar-refractivity contribution is -0.139. The van der Waals surface area contributed by atoms with E-state index in [1.54, 1.807) is 5.51 Å². The van der Waals surface area contributed by atoms with Crippen molar-refractivity contribution in [3.63, 3.8) is 0 Å². The first-order chi connectivity index (χ1) is 9.29. The molecule has 7 heteroatoms. The second-order valence-corrected chi connectivity index (χ2v) is 5.25. The summed E-state index contributed by atoms with van der Waals surface area (Å²) in [5.74, 6) is -1.27. The Bertz CT molecular complexity index is 607. The van der Waals surface area contributed by atoms with Gasteiger partial charge < -0.3 is 5.32 Å². The van der Waals surface area contributed by atoms with Crippen molar-refractivity contribution in [1.82, 2.24) is 4.98 Å². The summed E-state index contributed by atoms with van der Waals surface area (Å²) < 4.78 is 51.1. The molecule has 1 N–H and O–H groups in total. The first kappa shape index (κ1) is 14.8. The van der Waals surface area contributed by atoms with E-state index < -0.39 is 17.6 Å². The maximum atomic E-state index is 13.2. The van der Waals surface area contributed by atoms with Crippen LogP contribution in [0.5, 0.6) is 0 Å². The van der Waals surface area contributed by atoms with Gasteiger partial charge in [0.2, 0.25) is 0 Å². The smallest absolute Gasteiger partial charge is 0.378 e. The third-order valence-electron chi connectivity index (χ3n) is 2.83. The zero-order valence-corrected chi connectivity index (χ0v) is 11.6. The standard InChI is InChI=1S/C13H12F4N2S/c1-7-12(20-6-18-7)8(2)19-9-3-4-11(14)10(5-9)13(15,16)17/h3-6,8,19H,1-2H3. The Hall–Kier alpha value is -1.63. The highest BCUT2D eigenvalue weighted by atomic mass is 32.1. The number of alkyl halides is 3. The fourth-order valence-electron chi connectivity index (χ4n) is 1.87. The Kier molecular flexibility index (Phi) is 3.99. The van der Waals surface area contributed by atoms with Crippen molar-refractivity contribution in [2.24, 2.45) is 0 Å². The van der Waals surface area contributed by atoms with Gasteiger partial charge in [-0.2, -0.15) is 13.2 Å². The molecule has 0 fully saturated rings. The molecule has 0 aliphatic carbocycles. The first-order valence-electron chi connectivity index (χ1n) is 5.82. The maximum Gasteiger partial charge on any atom is 0.419 e. The minimum Gasteiger partial charge on any atom is -0.378 e. The minimum absolute atomic E-state index is 0.200. The maximum absolute atomic E-state index is 13.2. The van der Waals surface area contributed by atoms with Crippen LogP contribution in [0.15, 0.2) is 23.7 Å². The number of hydrogen-bond acceptors (Lipinski definition) is 3.